The molecular formula is C37H39ClF3N9O3. The fourth-order valence-electron chi connectivity index (χ4n) is 7.92. The van der Waals surface area contributed by atoms with Gasteiger partial charge in [0.25, 0.3) is 11.7 Å². The average Bonchev–Trinajstić information content (AvgIpc) is 3.90. The van der Waals surface area contributed by atoms with Gasteiger partial charge in [0.2, 0.25) is 5.91 Å². The van der Waals surface area contributed by atoms with Gasteiger partial charge in [0, 0.05) is 68.4 Å². The summed E-state index contributed by atoms with van der Waals surface area (Å²) in [6.45, 7) is 7.33. The van der Waals surface area contributed by atoms with Crippen LogP contribution in [-0.4, -0.2) is 93.8 Å². The number of hydrogen-bond acceptors (Lipinski definition) is 11. The van der Waals surface area contributed by atoms with Crippen molar-refractivity contribution in [3.63, 3.8) is 0 Å². The van der Waals surface area contributed by atoms with Crippen molar-refractivity contribution >= 4 is 45.9 Å². The van der Waals surface area contributed by atoms with E-state index >= 15 is 0 Å². The first kappa shape index (κ1) is 36.4. The Bertz CT molecular complexity index is 2030. The van der Waals surface area contributed by atoms with Gasteiger partial charge in [0.1, 0.15) is 12.4 Å². The molecule has 0 spiro atoms. The maximum Gasteiger partial charge on any atom is 0.455 e. The van der Waals surface area contributed by atoms with Crippen molar-refractivity contribution in [3.8, 4) is 12.1 Å². The number of carbonyl (C=O) groups excluding carboxylic acids is 1. The Hall–Kier alpha value is -4.94. The zero-order valence-electron chi connectivity index (χ0n) is 29.3. The van der Waals surface area contributed by atoms with Gasteiger partial charge >= 0.3 is 12.2 Å². The summed E-state index contributed by atoms with van der Waals surface area (Å²) in [5, 5.41) is 13.0. The molecule has 3 fully saturated rings. The summed E-state index contributed by atoms with van der Waals surface area (Å²) in [5.41, 5.74) is 3.08. The highest BCUT2D eigenvalue weighted by Gasteiger charge is 2.45. The summed E-state index contributed by atoms with van der Waals surface area (Å²) >= 11 is 6.72. The van der Waals surface area contributed by atoms with E-state index in [9.17, 15) is 18.0 Å². The smallest absolute Gasteiger partial charge is 0.455 e. The molecule has 1 amide bonds. The number of piperazine rings is 1. The second-order valence-electron chi connectivity index (χ2n) is 13.6. The van der Waals surface area contributed by atoms with E-state index in [0.717, 1.165) is 84.6 Å². The summed E-state index contributed by atoms with van der Waals surface area (Å²) in [4.78, 5) is 34.9. The molecule has 4 aromatic rings. The predicted octanol–water partition coefficient (Wildman–Crippen LogP) is 6.15. The van der Waals surface area contributed by atoms with Gasteiger partial charge in [-0.1, -0.05) is 41.0 Å². The number of amides is 1. The van der Waals surface area contributed by atoms with E-state index in [-0.39, 0.29) is 17.3 Å². The lowest BCUT2D eigenvalue weighted by Crippen LogP contribution is -2.49. The van der Waals surface area contributed by atoms with Crippen molar-refractivity contribution in [2.45, 2.75) is 57.3 Å². The number of ether oxygens (including phenoxy) is 1. The number of hydrogen-bond donors (Lipinski definition) is 0. The molecule has 2 aromatic heterocycles. The quantitative estimate of drug-likeness (QED) is 0.202. The number of nitrogens with zero attached hydrogens (tertiary/aromatic N) is 9. The topological polar surface area (TPSA) is 128 Å². The van der Waals surface area contributed by atoms with Crippen molar-refractivity contribution in [3.05, 3.63) is 70.5 Å². The van der Waals surface area contributed by atoms with Crippen LogP contribution in [0.3, 0.4) is 0 Å². The molecule has 53 heavy (non-hydrogen) atoms. The Morgan fingerprint density at radius 1 is 1.02 bits per heavy atom. The molecule has 0 N–H and O–H groups in total. The van der Waals surface area contributed by atoms with Crippen LogP contribution in [0.4, 0.5) is 24.7 Å². The molecule has 0 atom stereocenters. The molecule has 3 saturated heterocycles. The minimum Gasteiger partial charge on any atom is -0.461 e. The summed E-state index contributed by atoms with van der Waals surface area (Å²) in [6.07, 6.45) is 2.82. The largest absolute Gasteiger partial charge is 0.461 e. The van der Waals surface area contributed by atoms with Crippen LogP contribution in [0, 0.1) is 11.3 Å². The number of aromatic nitrogens is 4. The van der Waals surface area contributed by atoms with Crippen LogP contribution in [-0.2, 0) is 23.9 Å². The van der Waals surface area contributed by atoms with Crippen molar-refractivity contribution in [2.75, 3.05) is 62.2 Å². The molecule has 12 nitrogen and oxygen atoms in total. The fourth-order valence-corrected chi connectivity index (χ4v) is 8.20. The SMILES string of the molecule is CC#N.O=C(/C=C/c1nc(C(F)(F)F)no1)N1CCN(c2nc(OCC34CCCN3CCC4)nc3c2CCN(c2cccc4cccc(Cl)c24)C3)CC1. The number of benzene rings is 2. The lowest BCUT2D eigenvalue weighted by atomic mass is 9.95. The van der Waals surface area contributed by atoms with Crippen molar-refractivity contribution in [2.24, 2.45) is 0 Å². The Morgan fingerprint density at radius 3 is 2.43 bits per heavy atom. The number of halogens is 4. The van der Waals surface area contributed by atoms with Crippen LogP contribution < -0.4 is 14.5 Å². The fraction of sp³-hybridized carbons (Fsp3) is 0.459. The number of alkyl halides is 3. The van der Waals surface area contributed by atoms with E-state index in [1.54, 1.807) is 11.0 Å². The number of rotatable bonds is 7. The molecule has 0 radical (unpaired) electrons. The van der Waals surface area contributed by atoms with Gasteiger partial charge in [-0.15, -0.1) is 0 Å². The number of nitriles is 1. The van der Waals surface area contributed by atoms with Crippen molar-refractivity contribution < 1.29 is 27.2 Å². The van der Waals surface area contributed by atoms with E-state index in [2.05, 4.69) is 53.6 Å². The molecule has 0 bridgehead atoms. The molecular weight excluding hydrogens is 711 g/mol. The zero-order valence-corrected chi connectivity index (χ0v) is 30.0. The number of carbonyl (C=O) groups is 1. The maximum absolute atomic E-state index is 12.9. The third-order valence-corrected chi connectivity index (χ3v) is 10.7. The summed E-state index contributed by atoms with van der Waals surface area (Å²) in [5.74, 6) is -1.31. The molecule has 0 aliphatic carbocycles. The first-order valence-electron chi connectivity index (χ1n) is 17.7. The molecule has 278 valence electrons. The van der Waals surface area contributed by atoms with Gasteiger partial charge in [-0.05, 0) is 62.7 Å². The second-order valence-corrected chi connectivity index (χ2v) is 14.0. The standard InChI is InChI=1S/C35H36ClF3N8O3.C2H3N/c36-25-7-1-5-23-6-2-8-27(30(23)25)46-16-11-24-26(21-46)40-33(49-22-34-12-3-14-47(34)15-4-13-34)42-31(24)45-19-17-44(18-20-45)29(48)10-9-28-41-32(43-50-28)35(37,38)39;1-2-3/h1-2,5-10H,3-4,11-22H2;1H3/b10-9+;. The van der Waals surface area contributed by atoms with Crippen molar-refractivity contribution in [1.82, 2.24) is 29.9 Å². The molecule has 2 aromatic carbocycles. The van der Waals surface area contributed by atoms with E-state index in [0.29, 0.717) is 50.4 Å². The molecule has 4 aliphatic rings. The van der Waals surface area contributed by atoms with Crippen molar-refractivity contribution in [1.29, 1.82) is 5.26 Å². The minimum absolute atomic E-state index is 0.0419. The van der Waals surface area contributed by atoms with Crippen LogP contribution in [0.15, 0.2) is 47.0 Å². The third kappa shape index (κ3) is 7.61. The van der Waals surface area contributed by atoms with Gasteiger partial charge in [-0.25, -0.2) is 0 Å². The lowest BCUT2D eigenvalue weighted by Gasteiger charge is -2.38. The lowest BCUT2D eigenvalue weighted by molar-refractivity contribution is -0.146. The molecule has 0 unspecified atom stereocenters. The van der Waals surface area contributed by atoms with E-state index in [1.807, 2.05) is 12.1 Å². The van der Waals surface area contributed by atoms with E-state index < -0.39 is 12.0 Å². The highest BCUT2D eigenvalue weighted by Crippen LogP contribution is 2.40. The molecule has 8 rings (SSSR count). The van der Waals surface area contributed by atoms with E-state index in [1.165, 1.54) is 19.8 Å². The Labute approximate surface area is 309 Å². The van der Waals surface area contributed by atoms with Gasteiger partial charge in [0.15, 0.2) is 0 Å². The Morgan fingerprint density at radius 2 is 1.74 bits per heavy atom. The Balaban J connectivity index is 0.00000140. The average molecular weight is 750 g/mol. The van der Waals surface area contributed by atoms with Crippen LogP contribution in [0.1, 0.15) is 55.6 Å². The first-order valence-corrected chi connectivity index (χ1v) is 18.1. The second kappa shape index (κ2) is 15.2. The number of anilines is 2. The summed E-state index contributed by atoms with van der Waals surface area (Å²) in [7, 11) is 0. The number of fused-ring (bicyclic) bond motifs is 3. The Kier molecular flexibility index (Phi) is 10.4. The van der Waals surface area contributed by atoms with Crippen LogP contribution in [0.2, 0.25) is 5.02 Å². The zero-order chi connectivity index (χ0) is 37.2. The van der Waals surface area contributed by atoms with Gasteiger partial charge < -0.3 is 24.0 Å². The minimum atomic E-state index is -4.73. The molecule has 16 heteroatoms. The van der Waals surface area contributed by atoms with Gasteiger partial charge in [-0.2, -0.15) is 33.4 Å². The molecule has 6 heterocycles. The highest BCUT2D eigenvalue weighted by atomic mass is 35.5. The maximum atomic E-state index is 12.9. The van der Waals surface area contributed by atoms with Gasteiger partial charge in [-0.3, -0.25) is 9.69 Å². The van der Waals surface area contributed by atoms with Crippen LogP contribution in [0.25, 0.3) is 16.8 Å². The van der Waals surface area contributed by atoms with E-state index in [4.69, 9.17) is 31.6 Å². The summed E-state index contributed by atoms with van der Waals surface area (Å²) in [6, 6.07) is 14.3. The van der Waals surface area contributed by atoms with Gasteiger partial charge in [0.05, 0.1) is 28.9 Å². The monoisotopic (exact) mass is 749 g/mol. The molecule has 4 aliphatic heterocycles. The van der Waals surface area contributed by atoms with Crippen LogP contribution >= 0.6 is 11.6 Å². The summed E-state index contributed by atoms with van der Waals surface area (Å²) < 4.78 is 49.6. The molecule has 0 saturated carbocycles. The predicted molar refractivity (Wildman–Crippen MR) is 192 cm³/mol. The normalized spacial score (nSPS) is 18.5. The highest BCUT2D eigenvalue weighted by molar-refractivity contribution is 6.36. The van der Waals surface area contributed by atoms with Crippen LogP contribution in [0.5, 0.6) is 6.01 Å². The first-order chi connectivity index (χ1) is 25.6. The third-order valence-electron chi connectivity index (χ3n) is 10.4.